The van der Waals surface area contributed by atoms with Crippen molar-refractivity contribution in [1.82, 2.24) is 10.5 Å². The van der Waals surface area contributed by atoms with Crippen LogP contribution >= 0.6 is 11.6 Å². The average molecular weight is 347 g/mol. The predicted octanol–water partition coefficient (Wildman–Crippen LogP) is 3.56. The van der Waals surface area contributed by atoms with E-state index in [1.54, 1.807) is 6.92 Å². The van der Waals surface area contributed by atoms with Gasteiger partial charge in [-0.1, -0.05) is 17.3 Å². The van der Waals surface area contributed by atoms with Gasteiger partial charge in [-0.15, -0.1) is 0 Å². The number of nitrogens with one attached hydrogen (secondary N) is 1. The van der Waals surface area contributed by atoms with Gasteiger partial charge in [-0.05, 0) is 42.6 Å². The fraction of sp³-hybridized carbons (Fsp3) is 0.333. The van der Waals surface area contributed by atoms with Gasteiger partial charge in [0.05, 0.1) is 17.7 Å². The van der Waals surface area contributed by atoms with E-state index in [1.807, 2.05) is 0 Å². The molecule has 0 aliphatic carbocycles. The standard InChI is InChI=1S/C15H14ClF3N2O2/c1-9-12(14(16)23-21-9)8-13(22)20-7-6-10-2-4-11(5-3-10)15(17,18)19/h2-5H,6-8H2,1H3,(H,20,22). The Morgan fingerprint density at radius 3 is 2.48 bits per heavy atom. The summed E-state index contributed by atoms with van der Waals surface area (Å²) in [5.41, 5.74) is 1.09. The molecule has 4 nitrogen and oxygen atoms in total. The number of amides is 1. The van der Waals surface area contributed by atoms with E-state index < -0.39 is 11.7 Å². The van der Waals surface area contributed by atoms with Crippen LogP contribution in [0.15, 0.2) is 28.8 Å². The average Bonchev–Trinajstić information content (AvgIpc) is 2.79. The number of halogens is 4. The topological polar surface area (TPSA) is 55.1 Å². The summed E-state index contributed by atoms with van der Waals surface area (Å²) >= 11 is 5.77. The summed E-state index contributed by atoms with van der Waals surface area (Å²) in [5, 5.41) is 6.41. The zero-order valence-electron chi connectivity index (χ0n) is 12.2. The molecule has 8 heteroatoms. The third-order valence-electron chi connectivity index (χ3n) is 3.29. The Bertz CT molecular complexity index is 662. The fourth-order valence-corrected chi connectivity index (χ4v) is 2.23. The first-order valence-electron chi connectivity index (χ1n) is 6.81. The van der Waals surface area contributed by atoms with Crippen LogP contribution in [0.3, 0.4) is 0 Å². The fourth-order valence-electron chi connectivity index (χ4n) is 1.99. The number of rotatable bonds is 5. The molecule has 0 aliphatic heterocycles. The lowest BCUT2D eigenvalue weighted by Crippen LogP contribution is -2.27. The summed E-state index contributed by atoms with van der Waals surface area (Å²) in [6.07, 6.45) is -3.87. The van der Waals surface area contributed by atoms with Gasteiger partial charge in [-0.2, -0.15) is 13.2 Å². The van der Waals surface area contributed by atoms with Crippen molar-refractivity contribution in [2.24, 2.45) is 0 Å². The molecule has 124 valence electrons. The summed E-state index contributed by atoms with van der Waals surface area (Å²) in [4.78, 5) is 11.8. The van der Waals surface area contributed by atoms with E-state index in [4.69, 9.17) is 16.1 Å². The number of hydrogen-bond acceptors (Lipinski definition) is 3. The van der Waals surface area contributed by atoms with Gasteiger partial charge in [0.1, 0.15) is 0 Å². The second-order valence-electron chi connectivity index (χ2n) is 4.99. The normalized spacial score (nSPS) is 11.5. The number of hydrogen-bond donors (Lipinski definition) is 1. The summed E-state index contributed by atoms with van der Waals surface area (Å²) < 4.78 is 42.1. The predicted molar refractivity (Wildman–Crippen MR) is 78.1 cm³/mol. The monoisotopic (exact) mass is 346 g/mol. The van der Waals surface area contributed by atoms with Gasteiger partial charge in [-0.3, -0.25) is 4.79 Å². The molecule has 1 aromatic carbocycles. The first-order chi connectivity index (χ1) is 10.8. The van der Waals surface area contributed by atoms with Crippen molar-refractivity contribution in [3.05, 3.63) is 51.9 Å². The number of nitrogens with zero attached hydrogens (tertiary/aromatic N) is 1. The number of carbonyl (C=O) groups excluding carboxylic acids is 1. The number of carbonyl (C=O) groups is 1. The SMILES string of the molecule is Cc1noc(Cl)c1CC(=O)NCCc1ccc(C(F)(F)F)cc1. The molecule has 0 bridgehead atoms. The van der Waals surface area contributed by atoms with Gasteiger partial charge in [-0.25, -0.2) is 0 Å². The Morgan fingerprint density at radius 1 is 1.30 bits per heavy atom. The molecule has 0 radical (unpaired) electrons. The van der Waals surface area contributed by atoms with Gasteiger partial charge >= 0.3 is 6.18 Å². The van der Waals surface area contributed by atoms with E-state index in [0.29, 0.717) is 29.8 Å². The van der Waals surface area contributed by atoms with Crippen LogP contribution in [0.4, 0.5) is 13.2 Å². The molecule has 1 aromatic heterocycles. The molecule has 1 N–H and O–H groups in total. The Kier molecular flexibility index (Phi) is 5.30. The molecule has 2 aromatic rings. The molecular formula is C15H14ClF3N2O2. The molecule has 0 unspecified atom stereocenters. The Labute approximate surface area is 135 Å². The van der Waals surface area contributed by atoms with Crippen LogP contribution in [-0.4, -0.2) is 17.6 Å². The number of aromatic nitrogens is 1. The maximum absolute atomic E-state index is 12.4. The highest BCUT2D eigenvalue weighted by Crippen LogP contribution is 2.29. The van der Waals surface area contributed by atoms with E-state index in [-0.39, 0.29) is 17.5 Å². The van der Waals surface area contributed by atoms with Gasteiger partial charge in [0.2, 0.25) is 11.1 Å². The van der Waals surface area contributed by atoms with Gasteiger partial charge in [0, 0.05) is 12.1 Å². The van der Waals surface area contributed by atoms with E-state index in [9.17, 15) is 18.0 Å². The smallest absolute Gasteiger partial charge is 0.355 e. The van der Waals surface area contributed by atoms with E-state index >= 15 is 0 Å². The van der Waals surface area contributed by atoms with Crippen molar-refractivity contribution >= 4 is 17.5 Å². The molecule has 0 atom stereocenters. The first kappa shape index (κ1) is 17.3. The van der Waals surface area contributed by atoms with Gasteiger partial charge < -0.3 is 9.84 Å². The van der Waals surface area contributed by atoms with Crippen molar-refractivity contribution in [3.8, 4) is 0 Å². The van der Waals surface area contributed by atoms with Crippen LogP contribution in [0.25, 0.3) is 0 Å². The van der Waals surface area contributed by atoms with Crippen molar-refractivity contribution in [3.63, 3.8) is 0 Å². The van der Waals surface area contributed by atoms with Crippen LogP contribution in [0.2, 0.25) is 5.22 Å². The lowest BCUT2D eigenvalue weighted by Gasteiger charge is -2.08. The highest BCUT2D eigenvalue weighted by molar-refractivity contribution is 6.29. The third kappa shape index (κ3) is 4.72. The zero-order valence-corrected chi connectivity index (χ0v) is 13.0. The van der Waals surface area contributed by atoms with Crippen LogP contribution in [0, 0.1) is 6.92 Å². The molecular weight excluding hydrogens is 333 g/mol. The molecule has 0 aliphatic rings. The second kappa shape index (κ2) is 7.04. The van der Waals surface area contributed by atoms with Crippen molar-refractivity contribution in [2.45, 2.75) is 25.9 Å². The van der Waals surface area contributed by atoms with Gasteiger partial charge in [0.25, 0.3) is 0 Å². The lowest BCUT2D eigenvalue weighted by molar-refractivity contribution is -0.137. The van der Waals surface area contributed by atoms with E-state index in [2.05, 4.69) is 10.5 Å². The van der Waals surface area contributed by atoms with Crippen LogP contribution < -0.4 is 5.32 Å². The van der Waals surface area contributed by atoms with Crippen LogP contribution in [0.1, 0.15) is 22.4 Å². The van der Waals surface area contributed by atoms with E-state index in [0.717, 1.165) is 12.1 Å². The van der Waals surface area contributed by atoms with Gasteiger partial charge in [0.15, 0.2) is 0 Å². The summed E-state index contributed by atoms with van der Waals surface area (Å²) in [6.45, 7) is 1.99. The Morgan fingerprint density at radius 2 is 1.96 bits per heavy atom. The highest BCUT2D eigenvalue weighted by Gasteiger charge is 2.29. The number of aryl methyl sites for hydroxylation is 1. The molecule has 0 saturated heterocycles. The maximum Gasteiger partial charge on any atom is 0.416 e. The summed E-state index contributed by atoms with van der Waals surface area (Å²) in [7, 11) is 0. The lowest BCUT2D eigenvalue weighted by atomic mass is 10.1. The summed E-state index contributed by atoms with van der Waals surface area (Å²) in [5.74, 6) is -0.259. The largest absolute Gasteiger partial charge is 0.416 e. The molecule has 0 fully saturated rings. The Balaban J connectivity index is 1.82. The Hall–Kier alpha value is -2.02. The van der Waals surface area contributed by atoms with Crippen molar-refractivity contribution < 1.29 is 22.5 Å². The highest BCUT2D eigenvalue weighted by atomic mass is 35.5. The molecule has 1 amide bonds. The summed E-state index contributed by atoms with van der Waals surface area (Å²) in [6, 6.07) is 4.85. The second-order valence-corrected chi connectivity index (χ2v) is 5.33. The molecule has 1 heterocycles. The maximum atomic E-state index is 12.4. The number of benzene rings is 1. The molecule has 0 spiro atoms. The third-order valence-corrected chi connectivity index (χ3v) is 3.59. The van der Waals surface area contributed by atoms with Crippen LogP contribution in [-0.2, 0) is 23.8 Å². The van der Waals surface area contributed by atoms with Crippen molar-refractivity contribution in [1.29, 1.82) is 0 Å². The first-order valence-corrected chi connectivity index (χ1v) is 7.18. The molecule has 23 heavy (non-hydrogen) atoms. The quantitative estimate of drug-likeness (QED) is 0.900. The zero-order chi connectivity index (χ0) is 17.0. The number of alkyl halides is 3. The van der Waals surface area contributed by atoms with E-state index in [1.165, 1.54) is 12.1 Å². The molecule has 0 saturated carbocycles. The van der Waals surface area contributed by atoms with Crippen LogP contribution in [0.5, 0.6) is 0 Å². The van der Waals surface area contributed by atoms with Crippen molar-refractivity contribution in [2.75, 3.05) is 6.54 Å². The minimum atomic E-state index is -4.34. The minimum Gasteiger partial charge on any atom is -0.355 e. The molecule has 2 rings (SSSR count). The minimum absolute atomic E-state index is 0.0428.